The van der Waals surface area contributed by atoms with Gasteiger partial charge in [-0.1, -0.05) is 54.9 Å². The molecule has 20 heavy (non-hydrogen) atoms. The number of halogens is 1. The van der Waals surface area contributed by atoms with Gasteiger partial charge in [0.05, 0.1) is 0 Å². The summed E-state index contributed by atoms with van der Waals surface area (Å²) in [6.45, 7) is 6.56. The second kappa shape index (κ2) is 6.92. The molecule has 0 saturated heterocycles. The van der Waals surface area contributed by atoms with Crippen LogP contribution in [0.2, 0.25) is 5.02 Å². The fourth-order valence-electron chi connectivity index (χ4n) is 2.36. The minimum Gasteiger partial charge on any atom is -0.304 e. The van der Waals surface area contributed by atoms with E-state index < -0.39 is 0 Å². The molecular weight excluding hydrogens is 266 g/mol. The molecule has 2 atom stereocenters. The predicted molar refractivity (Wildman–Crippen MR) is 87.2 cm³/mol. The van der Waals surface area contributed by atoms with Crippen molar-refractivity contribution < 1.29 is 0 Å². The Labute approximate surface area is 127 Å². The summed E-state index contributed by atoms with van der Waals surface area (Å²) in [6.07, 6.45) is 1.09. The summed E-state index contributed by atoms with van der Waals surface area (Å²) in [5.41, 5.74) is 3.96. The van der Waals surface area contributed by atoms with Crippen molar-refractivity contribution in [2.24, 2.45) is 0 Å². The summed E-state index contributed by atoms with van der Waals surface area (Å²) in [4.78, 5) is 0. The Bertz CT molecular complexity index is 530. The third-order valence-electron chi connectivity index (χ3n) is 3.76. The van der Waals surface area contributed by atoms with Gasteiger partial charge >= 0.3 is 0 Å². The molecule has 0 bridgehead atoms. The molecule has 1 nitrogen and oxygen atoms in total. The molecule has 0 spiro atoms. The third kappa shape index (κ3) is 3.84. The van der Waals surface area contributed by atoms with Crippen LogP contribution in [-0.2, 0) is 6.42 Å². The highest BCUT2D eigenvalue weighted by molar-refractivity contribution is 6.30. The molecule has 0 fully saturated rings. The molecule has 106 valence electrons. The van der Waals surface area contributed by atoms with E-state index >= 15 is 0 Å². The van der Waals surface area contributed by atoms with Crippen LogP contribution in [0.4, 0.5) is 0 Å². The Hall–Kier alpha value is -1.31. The molecule has 0 radical (unpaired) electrons. The standard InChI is InChI=1S/C18H22ClN/c1-4-15-5-7-16(8-6-15)13(2)20-14(3)17-9-11-18(19)12-10-17/h5-14,20H,4H2,1-3H3/t13?,14-/m1/s1. The summed E-state index contributed by atoms with van der Waals surface area (Å²) < 4.78 is 0. The van der Waals surface area contributed by atoms with Crippen LogP contribution in [0.3, 0.4) is 0 Å². The molecule has 0 amide bonds. The first-order chi connectivity index (χ1) is 9.60. The van der Waals surface area contributed by atoms with E-state index in [0.29, 0.717) is 12.1 Å². The molecule has 1 N–H and O–H groups in total. The Kier molecular flexibility index (Phi) is 5.22. The van der Waals surface area contributed by atoms with E-state index in [0.717, 1.165) is 11.4 Å². The molecule has 0 saturated carbocycles. The average Bonchev–Trinajstić information content (AvgIpc) is 2.48. The fourth-order valence-corrected chi connectivity index (χ4v) is 2.49. The number of aryl methyl sites for hydroxylation is 1. The summed E-state index contributed by atoms with van der Waals surface area (Å²) >= 11 is 5.93. The second-order valence-electron chi connectivity index (χ2n) is 5.26. The Morgan fingerprint density at radius 3 is 1.75 bits per heavy atom. The van der Waals surface area contributed by atoms with E-state index in [1.807, 2.05) is 12.1 Å². The van der Waals surface area contributed by atoms with Gasteiger partial charge in [0.15, 0.2) is 0 Å². The highest BCUT2D eigenvalue weighted by Crippen LogP contribution is 2.21. The van der Waals surface area contributed by atoms with Gasteiger partial charge in [0.1, 0.15) is 0 Å². The van der Waals surface area contributed by atoms with Gasteiger partial charge in [-0.05, 0) is 49.1 Å². The van der Waals surface area contributed by atoms with Gasteiger partial charge < -0.3 is 5.32 Å². The van der Waals surface area contributed by atoms with Crippen LogP contribution in [0.25, 0.3) is 0 Å². The van der Waals surface area contributed by atoms with Crippen LogP contribution < -0.4 is 5.32 Å². The van der Waals surface area contributed by atoms with E-state index in [4.69, 9.17) is 11.6 Å². The summed E-state index contributed by atoms with van der Waals surface area (Å²) in [5.74, 6) is 0. The van der Waals surface area contributed by atoms with Crippen molar-refractivity contribution in [1.82, 2.24) is 5.32 Å². The van der Waals surface area contributed by atoms with E-state index in [9.17, 15) is 0 Å². The van der Waals surface area contributed by atoms with Crippen molar-refractivity contribution in [3.05, 3.63) is 70.2 Å². The van der Waals surface area contributed by atoms with Crippen molar-refractivity contribution >= 4 is 11.6 Å². The van der Waals surface area contributed by atoms with E-state index in [-0.39, 0.29) is 0 Å². The van der Waals surface area contributed by atoms with Crippen molar-refractivity contribution in [2.45, 2.75) is 39.3 Å². The largest absolute Gasteiger partial charge is 0.304 e. The molecule has 0 heterocycles. The minimum atomic E-state index is 0.299. The zero-order valence-electron chi connectivity index (χ0n) is 12.4. The lowest BCUT2D eigenvalue weighted by Gasteiger charge is -2.21. The molecule has 0 aliphatic rings. The van der Waals surface area contributed by atoms with E-state index in [1.54, 1.807) is 0 Å². The number of hydrogen-bond acceptors (Lipinski definition) is 1. The molecule has 2 heteroatoms. The Morgan fingerprint density at radius 1 is 0.850 bits per heavy atom. The van der Waals surface area contributed by atoms with Crippen molar-refractivity contribution in [2.75, 3.05) is 0 Å². The highest BCUT2D eigenvalue weighted by Gasteiger charge is 2.11. The quantitative estimate of drug-likeness (QED) is 0.785. The first kappa shape index (κ1) is 15.1. The normalized spacial score (nSPS) is 14.0. The van der Waals surface area contributed by atoms with Crippen LogP contribution >= 0.6 is 11.6 Å². The molecular formula is C18H22ClN. The van der Waals surface area contributed by atoms with Crippen LogP contribution in [0.15, 0.2) is 48.5 Å². The van der Waals surface area contributed by atoms with Crippen molar-refractivity contribution in [1.29, 1.82) is 0 Å². The van der Waals surface area contributed by atoms with Gasteiger partial charge in [0, 0.05) is 17.1 Å². The van der Waals surface area contributed by atoms with Crippen molar-refractivity contribution in [3.63, 3.8) is 0 Å². The zero-order chi connectivity index (χ0) is 14.5. The van der Waals surface area contributed by atoms with Gasteiger partial charge in [-0.3, -0.25) is 0 Å². The highest BCUT2D eigenvalue weighted by atomic mass is 35.5. The molecule has 2 aromatic carbocycles. The second-order valence-corrected chi connectivity index (χ2v) is 5.69. The van der Waals surface area contributed by atoms with Crippen LogP contribution in [0.1, 0.15) is 49.5 Å². The van der Waals surface area contributed by atoms with E-state index in [2.05, 4.69) is 62.5 Å². The lowest BCUT2D eigenvalue weighted by molar-refractivity contribution is 0.494. The van der Waals surface area contributed by atoms with Gasteiger partial charge in [-0.15, -0.1) is 0 Å². The molecule has 1 unspecified atom stereocenters. The maximum Gasteiger partial charge on any atom is 0.0406 e. The lowest BCUT2D eigenvalue weighted by atomic mass is 10.0. The van der Waals surface area contributed by atoms with Crippen LogP contribution in [0, 0.1) is 0 Å². The molecule has 0 aliphatic carbocycles. The van der Waals surface area contributed by atoms with Gasteiger partial charge in [0.2, 0.25) is 0 Å². The number of benzene rings is 2. The maximum atomic E-state index is 5.93. The summed E-state index contributed by atoms with van der Waals surface area (Å²) in [5, 5.41) is 4.41. The van der Waals surface area contributed by atoms with Gasteiger partial charge in [-0.25, -0.2) is 0 Å². The maximum absolute atomic E-state index is 5.93. The molecule has 2 aromatic rings. The molecule has 0 aliphatic heterocycles. The first-order valence-corrected chi connectivity index (χ1v) is 7.58. The Balaban J connectivity index is 2.02. The first-order valence-electron chi connectivity index (χ1n) is 7.20. The summed E-state index contributed by atoms with van der Waals surface area (Å²) in [6, 6.07) is 17.5. The number of rotatable bonds is 5. The lowest BCUT2D eigenvalue weighted by Crippen LogP contribution is -2.22. The molecule has 2 rings (SSSR count). The fraction of sp³-hybridized carbons (Fsp3) is 0.333. The topological polar surface area (TPSA) is 12.0 Å². The van der Waals surface area contributed by atoms with Gasteiger partial charge in [-0.2, -0.15) is 0 Å². The van der Waals surface area contributed by atoms with Gasteiger partial charge in [0.25, 0.3) is 0 Å². The number of hydrogen-bond donors (Lipinski definition) is 1. The Morgan fingerprint density at radius 2 is 1.30 bits per heavy atom. The average molecular weight is 288 g/mol. The van der Waals surface area contributed by atoms with E-state index in [1.165, 1.54) is 16.7 Å². The SMILES string of the molecule is CCc1ccc(C(C)N[C@H](C)c2ccc(Cl)cc2)cc1. The monoisotopic (exact) mass is 287 g/mol. The predicted octanol–water partition coefficient (Wildman–Crippen LogP) is 5.31. The van der Waals surface area contributed by atoms with Crippen LogP contribution in [0.5, 0.6) is 0 Å². The minimum absolute atomic E-state index is 0.299. The van der Waals surface area contributed by atoms with Crippen molar-refractivity contribution in [3.8, 4) is 0 Å². The smallest absolute Gasteiger partial charge is 0.0406 e. The number of nitrogens with one attached hydrogen (secondary N) is 1. The summed E-state index contributed by atoms with van der Waals surface area (Å²) in [7, 11) is 0. The third-order valence-corrected chi connectivity index (χ3v) is 4.01. The molecule has 0 aromatic heterocycles. The van der Waals surface area contributed by atoms with Crippen LogP contribution in [-0.4, -0.2) is 0 Å². The zero-order valence-corrected chi connectivity index (χ0v) is 13.1.